The van der Waals surface area contributed by atoms with E-state index in [1.807, 2.05) is 54.3 Å². The summed E-state index contributed by atoms with van der Waals surface area (Å²) in [5.74, 6) is 0.812. The molecular weight excluding hydrogens is 310 g/mol. The third kappa shape index (κ3) is 4.18. The molecule has 25 heavy (non-hydrogen) atoms. The van der Waals surface area contributed by atoms with Crippen molar-refractivity contribution in [1.82, 2.24) is 4.90 Å². The number of methoxy groups -OCH3 is 1. The van der Waals surface area contributed by atoms with Crippen LogP contribution in [-0.4, -0.2) is 31.0 Å². The van der Waals surface area contributed by atoms with E-state index in [1.54, 1.807) is 13.2 Å². The smallest absolute Gasteiger partial charge is 0.246 e. The van der Waals surface area contributed by atoms with E-state index < -0.39 is 0 Å². The number of ether oxygens (including phenoxy) is 1. The van der Waals surface area contributed by atoms with E-state index >= 15 is 0 Å². The summed E-state index contributed by atoms with van der Waals surface area (Å²) < 4.78 is 5.36. The molecule has 0 N–H and O–H groups in total. The third-order valence-corrected chi connectivity index (χ3v) is 4.46. The highest BCUT2D eigenvalue weighted by Gasteiger charge is 2.16. The van der Waals surface area contributed by atoms with Gasteiger partial charge in [0.2, 0.25) is 5.91 Å². The highest BCUT2D eigenvalue weighted by Crippen LogP contribution is 2.23. The van der Waals surface area contributed by atoms with Crippen LogP contribution in [-0.2, 0) is 4.79 Å². The van der Waals surface area contributed by atoms with Crippen LogP contribution >= 0.6 is 0 Å². The van der Waals surface area contributed by atoms with Crippen molar-refractivity contribution < 1.29 is 9.53 Å². The molecule has 0 aliphatic carbocycles. The zero-order chi connectivity index (χ0) is 17.6. The van der Waals surface area contributed by atoms with Gasteiger partial charge >= 0.3 is 0 Å². The molecule has 0 aromatic heterocycles. The molecule has 0 saturated heterocycles. The lowest BCUT2D eigenvalue weighted by molar-refractivity contribution is -0.125. The Bertz CT molecular complexity index is 806. The van der Waals surface area contributed by atoms with Gasteiger partial charge in [0.05, 0.1) is 7.11 Å². The maximum atomic E-state index is 12.5. The molecule has 3 rings (SSSR count). The standard InChI is InChI=1S/C22H23NO2/c1-17-8-10-21(25-2)20(16-17)9-11-22(24)23-14-12-19(13-15-23)18-6-4-3-5-7-18/h3-12,16H,13-15H2,1-2H3/b11-9+. The van der Waals surface area contributed by atoms with Crippen LogP contribution in [0.1, 0.15) is 23.1 Å². The van der Waals surface area contributed by atoms with Crippen LogP contribution in [0.15, 0.2) is 60.7 Å². The quantitative estimate of drug-likeness (QED) is 0.779. The summed E-state index contributed by atoms with van der Waals surface area (Å²) in [5, 5.41) is 0. The summed E-state index contributed by atoms with van der Waals surface area (Å²) >= 11 is 0. The molecule has 3 nitrogen and oxygen atoms in total. The van der Waals surface area contributed by atoms with E-state index in [-0.39, 0.29) is 5.91 Å². The molecule has 1 aliphatic rings. The summed E-state index contributed by atoms with van der Waals surface area (Å²) in [7, 11) is 1.64. The molecular formula is C22H23NO2. The Morgan fingerprint density at radius 2 is 1.96 bits per heavy atom. The van der Waals surface area contributed by atoms with E-state index in [9.17, 15) is 4.79 Å². The minimum absolute atomic E-state index is 0.0342. The first kappa shape index (κ1) is 17.0. The van der Waals surface area contributed by atoms with Crippen LogP contribution < -0.4 is 4.74 Å². The fraction of sp³-hybridized carbons (Fsp3) is 0.227. The van der Waals surface area contributed by atoms with E-state index in [1.165, 1.54) is 11.1 Å². The highest BCUT2D eigenvalue weighted by atomic mass is 16.5. The Morgan fingerprint density at radius 3 is 2.64 bits per heavy atom. The van der Waals surface area contributed by atoms with Gasteiger partial charge in [0.1, 0.15) is 5.75 Å². The largest absolute Gasteiger partial charge is 0.496 e. The summed E-state index contributed by atoms with van der Waals surface area (Å²) in [4.78, 5) is 14.3. The van der Waals surface area contributed by atoms with Gasteiger partial charge in [-0.15, -0.1) is 0 Å². The van der Waals surface area contributed by atoms with E-state index in [2.05, 4.69) is 18.2 Å². The molecule has 2 aromatic carbocycles. The van der Waals surface area contributed by atoms with Gasteiger partial charge in [-0.3, -0.25) is 4.79 Å². The lowest BCUT2D eigenvalue weighted by atomic mass is 9.99. The Labute approximate surface area is 149 Å². The predicted molar refractivity (Wildman–Crippen MR) is 102 cm³/mol. The summed E-state index contributed by atoms with van der Waals surface area (Å²) in [6.45, 7) is 3.42. The van der Waals surface area contributed by atoms with Gasteiger partial charge in [-0.25, -0.2) is 0 Å². The molecule has 1 amide bonds. The first-order chi connectivity index (χ1) is 12.2. The average molecular weight is 333 g/mol. The topological polar surface area (TPSA) is 29.5 Å². The van der Waals surface area contributed by atoms with Crippen molar-refractivity contribution in [2.24, 2.45) is 0 Å². The Balaban J connectivity index is 1.67. The monoisotopic (exact) mass is 333 g/mol. The number of amides is 1. The number of nitrogens with zero attached hydrogens (tertiary/aromatic N) is 1. The minimum atomic E-state index is 0.0342. The molecule has 0 radical (unpaired) electrons. The van der Waals surface area contributed by atoms with Crippen LogP contribution in [0.25, 0.3) is 11.6 Å². The van der Waals surface area contributed by atoms with Crippen LogP contribution in [0.4, 0.5) is 0 Å². The Hall–Kier alpha value is -2.81. The molecule has 0 saturated carbocycles. The minimum Gasteiger partial charge on any atom is -0.496 e. The van der Waals surface area contributed by atoms with Crippen LogP contribution in [0.2, 0.25) is 0 Å². The predicted octanol–water partition coefficient (Wildman–Crippen LogP) is 4.33. The van der Waals surface area contributed by atoms with Crippen molar-refractivity contribution in [3.63, 3.8) is 0 Å². The number of hydrogen-bond acceptors (Lipinski definition) is 2. The van der Waals surface area contributed by atoms with Crippen molar-refractivity contribution in [2.45, 2.75) is 13.3 Å². The third-order valence-electron chi connectivity index (χ3n) is 4.46. The fourth-order valence-corrected chi connectivity index (χ4v) is 3.03. The lowest BCUT2D eigenvalue weighted by Gasteiger charge is -2.25. The highest BCUT2D eigenvalue weighted by molar-refractivity contribution is 5.92. The summed E-state index contributed by atoms with van der Waals surface area (Å²) in [5.41, 5.74) is 4.62. The Kier molecular flexibility index (Phi) is 5.34. The number of benzene rings is 2. The molecule has 2 aromatic rings. The van der Waals surface area contributed by atoms with Gasteiger partial charge in [-0.05, 0) is 42.7 Å². The maximum absolute atomic E-state index is 12.5. The number of rotatable bonds is 4. The van der Waals surface area contributed by atoms with E-state index in [0.29, 0.717) is 6.54 Å². The number of aryl methyl sites for hydroxylation is 1. The van der Waals surface area contributed by atoms with Gasteiger partial charge in [0, 0.05) is 24.7 Å². The summed E-state index contributed by atoms with van der Waals surface area (Å²) in [6, 6.07) is 16.3. The van der Waals surface area contributed by atoms with Gasteiger partial charge in [0.25, 0.3) is 0 Å². The Morgan fingerprint density at radius 1 is 1.16 bits per heavy atom. The first-order valence-corrected chi connectivity index (χ1v) is 8.53. The average Bonchev–Trinajstić information content (AvgIpc) is 2.67. The van der Waals surface area contributed by atoms with E-state index in [0.717, 1.165) is 29.8 Å². The SMILES string of the molecule is COc1ccc(C)cc1/C=C/C(=O)N1CC=C(c2ccccc2)CC1. The fourth-order valence-electron chi connectivity index (χ4n) is 3.03. The van der Waals surface area contributed by atoms with Crippen molar-refractivity contribution in [2.75, 3.05) is 20.2 Å². The summed E-state index contributed by atoms with van der Waals surface area (Å²) in [6.07, 6.45) is 6.51. The molecule has 1 heterocycles. The van der Waals surface area contributed by atoms with Crippen molar-refractivity contribution in [3.8, 4) is 5.75 Å². The van der Waals surface area contributed by atoms with Gasteiger partial charge in [0.15, 0.2) is 0 Å². The molecule has 0 atom stereocenters. The molecule has 128 valence electrons. The second-order valence-electron chi connectivity index (χ2n) is 6.21. The molecule has 0 bridgehead atoms. The molecule has 1 aliphatic heterocycles. The molecule has 0 spiro atoms. The molecule has 0 unspecified atom stereocenters. The number of carbonyl (C=O) groups excluding carboxylic acids is 1. The lowest BCUT2D eigenvalue weighted by Crippen LogP contribution is -2.33. The van der Waals surface area contributed by atoms with Crippen molar-refractivity contribution >= 4 is 17.6 Å². The molecule has 3 heteroatoms. The van der Waals surface area contributed by atoms with E-state index in [4.69, 9.17) is 4.74 Å². The van der Waals surface area contributed by atoms with Crippen molar-refractivity contribution in [3.05, 3.63) is 77.4 Å². The molecule has 0 fully saturated rings. The number of hydrogen-bond donors (Lipinski definition) is 0. The zero-order valence-corrected chi connectivity index (χ0v) is 14.7. The van der Waals surface area contributed by atoms with Gasteiger partial charge in [-0.1, -0.05) is 48.0 Å². The maximum Gasteiger partial charge on any atom is 0.246 e. The van der Waals surface area contributed by atoms with Gasteiger partial charge < -0.3 is 9.64 Å². The van der Waals surface area contributed by atoms with Crippen molar-refractivity contribution in [1.29, 1.82) is 0 Å². The first-order valence-electron chi connectivity index (χ1n) is 8.53. The van der Waals surface area contributed by atoms with Crippen LogP contribution in [0, 0.1) is 6.92 Å². The van der Waals surface area contributed by atoms with Gasteiger partial charge in [-0.2, -0.15) is 0 Å². The van der Waals surface area contributed by atoms with Crippen LogP contribution in [0.5, 0.6) is 5.75 Å². The van der Waals surface area contributed by atoms with Crippen LogP contribution in [0.3, 0.4) is 0 Å². The second kappa shape index (κ2) is 7.84. The zero-order valence-electron chi connectivity index (χ0n) is 14.7. The second-order valence-corrected chi connectivity index (χ2v) is 6.21. The normalized spacial score (nSPS) is 14.5. The number of carbonyl (C=O) groups is 1.